The molecule has 5 aromatic rings. The van der Waals surface area contributed by atoms with Gasteiger partial charge in [-0.1, -0.05) is 98.6 Å². The van der Waals surface area contributed by atoms with Gasteiger partial charge in [0, 0.05) is 8.95 Å². The van der Waals surface area contributed by atoms with Crippen LogP contribution in [0.1, 0.15) is 0 Å². The Balaban J connectivity index is 1.99. The first-order chi connectivity index (χ1) is 13.7. The third-order valence-electron chi connectivity index (χ3n) is 5.15. The van der Waals surface area contributed by atoms with Crippen molar-refractivity contribution < 1.29 is 0 Å². The Morgan fingerprint density at radius 2 is 1.11 bits per heavy atom. The molecular formula is C26H16Br2. The van der Waals surface area contributed by atoms with Gasteiger partial charge >= 0.3 is 0 Å². The van der Waals surface area contributed by atoms with Crippen LogP contribution in [0, 0.1) is 0 Å². The smallest absolute Gasteiger partial charge is 0.0188 e. The molecule has 5 aromatic carbocycles. The van der Waals surface area contributed by atoms with Gasteiger partial charge in [0.15, 0.2) is 0 Å². The van der Waals surface area contributed by atoms with Crippen molar-refractivity contribution in [2.75, 3.05) is 0 Å². The lowest BCUT2D eigenvalue weighted by Gasteiger charge is -2.16. The second-order valence-electron chi connectivity index (χ2n) is 6.90. The minimum atomic E-state index is 1.09. The van der Waals surface area contributed by atoms with Crippen LogP contribution in [0.25, 0.3) is 43.8 Å². The van der Waals surface area contributed by atoms with Crippen LogP contribution in [-0.4, -0.2) is 0 Å². The molecule has 0 saturated carbocycles. The highest BCUT2D eigenvalue weighted by molar-refractivity contribution is 9.10. The fourth-order valence-electron chi connectivity index (χ4n) is 3.92. The molecule has 0 unspecified atom stereocenters. The molecule has 0 spiro atoms. The number of hydrogen-bond acceptors (Lipinski definition) is 0. The summed E-state index contributed by atoms with van der Waals surface area (Å²) in [5.74, 6) is 0. The van der Waals surface area contributed by atoms with Gasteiger partial charge in [-0.15, -0.1) is 0 Å². The topological polar surface area (TPSA) is 0 Å². The molecule has 0 aliphatic rings. The molecule has 0 radical (unpaired) electrons. The first-order valence-electron chi connectivity index (χ1n) is 9.17. The highest BCUT2D eigenvalue weighted by Gasteiger charge is 2.14. The van der Waals surface area contributed by atoms with Gasteiger partial charge in [-0.05, 0) is 74.1 Å². The number of halogens is 2. The summed E-state index contributed by atoms with van der Waals surface area (Å²) in [6.45, 7) is 0. The quantitative estimate of drug-likeness (QED) is 0.218. The lowest BCUT2D eigenvalue weighted by Crippen LogP contribution is -1.89. The van der Waals surface area contributed by atoms with E-state index in [0.717, 1.165) is 8.95 Å². The van der Waals surface area contributed by atoms with Crippen LogP contribution in [0.15, 0.2) is 106 Å². The Kier molecular flexibility index (Phi) is 4.54. The summed E-state index contributed by atoms with van der Waals surface area (Å²) >= 11 is 7.42. The van der Waals surface area contributed by atoms with Crippen LogP contribution in [0.4, 0.5) is 0 Å². The second kappa shape index (κ2) is 7.20. The second-order valence-corrected chi connectivity index (χ2v) is 8.73. The number of fused-ring (bicyclic) bond motifs is 2. The van der Waals surface area contributed by atoms with E-state index in [1.54, 1.807) is 0 Å². The maximum atomic E-state index is 3.76. The molecule has 0 amide bonds. The fourth-order valence-corrected chi connectivity index (χ4v) is 4.74. The van der Waals surface area contributed by atoms with E-state index < -0.39 is 0 Å². The van der Waals surface area contributed by atoms with E-state index in [9.17, 15) is 0 Å². The monoisotopic (exact) mass is 486 g/mol. The molecular weight excluding hydrogens is 472 g/mol. The average Bonchev–Trinajstić information content (AvgIpc) is 2.73. The van der Waals surface area contributed by atoms with Crippen molar-refractivity contribution in [3.8, 4) is 22.3 Å². The van der Waals surface area contributed by atoms with Gasteiger partial charge in [0.1, 0.15) is 0 Å². The SMILES string of the molecule is Brc1ccc2cc3c(-c4ccccc4)cc(Br)cc3c(-c3ccccc3)c2c1. The lowest BCUT2D eigenvalue weighted by atomic mass is 9.89. The van der Waals surface area contributed by atoms with E-state index >= 15 is 0 Å². The molecule has 0 aliphatic heterocycles. The van der Waals surface area contributed by atoms with Crippen LogP contribution in [-0.2, 0) is 0 Å². The van der Waals surface area contributed by atoms with Gasteiger partial charge in [-0.3, -0.25) is 0 Å². The standard InChI is InChI=1S/C26H16Br2/c27-20-12-11-19-13-24-22(17-7-3-1-4-8-17)15-21(28)16-25(24)26(23(19)14-20)18-9-5-2-6-10-18/h1-16H. The summed E-state index contributed by atoms with van der Waals surface area (Å²) < 4.78 is 2.18. The summed E-state index contributed by atoms with van der Waals surface area (Å²) in [5.41, 5.74) is 4.97. The molecule has 0 N–H and O–H groups in total. The number of hydrogen-bond donors (Lipinski definition) is 0. The van der Waals surface area contributed by atoms with Gasteiger partial charge in [0.2, 0.25) is 0 Å². The van der Waals surface area contributed by atoms with Crippen molar-refractivity contribution >= 4 is 53.4 Å². The van der Waals surface area contributed by atoms with Gasteiger partial charge in [0.25, 0.3) is 0 Å². The van der Waals surface area contributed by atoms with Crippen molar-refractivity contribution in [3.05, 3.63) is 106 Å². The Bertz CT molecular complexity index is 1310. The van der Waals surface area contributed by atoms with Gasteiger partial charge in [0.05, 0.1) is 0 Å². The summed E-state index contributed by atoms with van der Waals surface area (Å²) in [7, 11) is 0. The summed E-state index contributed by atoms with van der Waals surface area (Å²) in [6.07, 6.45) is 0. The third kappa shape index (κ3) is 3.07. The molecule has 0 aromatic heterocycles. The summed E-state index contributed by atoms with van der Waals surface area (Å²) in [6, 6.07) is 34.6. The fraction of sp³-hybridized carbons (Fsp3) is 0. The van der Waals surface area contributed by atoms with Crippen LogP contribution in [0.5, 0.6) is 0 Å². The van der Waals surface area contributed by atoms with Crippen molar-refractivity contribution in [1.82, 2.24) is 0 Å². The maximum Gasteiger partial charge on any atom is 0.0188 e. The molecule has 0 saturated heterocycles. The molecule has 0 fully saturated rings. The first kappa shape index (κ1) is 17.7. The molecule has 2 heteroatoms. The maximum absolute atomic E-state index is 3.76. The Morgan fingerprint density at radius 3 is 1.82 bits per heavy atom. The Morgan fingerprint density at radius 1 is 0.464 bits per heavy atom. The highest BCUT2D eigenvalue weighted by Crippen LogP contribution is 2.42. The molecule has 0 aliphatic carbocycles. The van der Waals surface area contributed by atoms with E-state index in [0.29, 0.717) is 0 Å². The van der Waals surface area contributed by atoms with Crippen LogP contribution >= 0.6 is 31.9 Å². The molecule has 0 atom stereocenters. The van der Waals surface area contributed by atoms with E-state index in [1.165, 1.54) is 43.8 Å². The predicted octanol–water partition coefficient (Wildman–Crippen LogP) is 8.85. The normalized spacial score (nSPS) is 11.2. The molecule has 0 nitrogen and oxygen atoms in total. The van der Waals surface area contributed by atoms with E-state index in [2.05, 4.69) is 129 Å². The van der Waals surface area contributed by atoms with Crippen molar-refractivity contribution in [1.29, 1.82) is 0 Å². The van der Waals surface area contributed by atoms with Crippen LogP contribution in [0.2, 0.25) is 0 Å². The number of rotatable bonds is 2. The predicted molar refractivity (Wildman–Crippen MR) is 128 cm³/mol. The molecule has 28 heavy (non-hydrogen) atoms. The lowest BCUT2D eigenvalue weighted by molar-refractivity contribution is 1.62. The van der Waals surface area contributed by atoms with Crippen molar-refractivity contribution in [2.45, 2.75) is 0 Å². The van der Waals surface area contributed by atoms with Crippen LogP contribution in [0.3, 0.4) is 0 Å². The summed E-state index contributed by atoms with van der Waals surface area (Å²) in [4.78, 5) is 0. The first-order valence-corrected chi connectivity index (χ1v) is 10.8. The van der Waals surface area contributed by atoms with Crippen molar-refractivity contribution in [3.63, 3.8) is 0 Å². The third-order valence-corrected chi connectivity index (χ3v) is 6.10. The molecule has 0 bridgehead atoms. The Labute approximate surface area is 181 Å². The van der Waals surface area contributed by atoms with E-state index in [4.69, 9.17) is 0 Å². The Hall–Kier alpha value is -2.42. The van der Waals surface area contributed by atoms with Crippen molar-refractivity contribution in [2.24, 2.45) is 0 Å². The van der Waals surface area contributed by atoms with Gasteiger partial charge in [-0.25, -0.2) is 0 Å². The zero-order valence-corrected chi connectivity index (χ0v) is 18.2. The zero-order chi connectivity index (χ0) is 19.1. The summed E-state index contributed by atoms with van der Waals surface area (Å²) in [5, 5.41) is 5.02. The highest BCUT2D eigenvalue weighted by atomic mass is 79.9. The molecule has 5 rings (SSSR count). The molecule has 134 valence electrons. The molecule has 0 heterocycles. The largest absolute Gasteiger partial charge is 0.0622 e. The van der Waals surface area contributed by atoms with Crippen LogP contribution < -0.4 is 0 Å². The zero-order valence-electron chi connectivity index (χ0n) is 15.0. The number of benzene rings is 5. The van der Waals surface area contributed by atoms with Gasteiger partial charge < -0.3 is 0 Å². The van der Waals surface area contributed by atoms with E-state index in [1.807, 2.05) is 0 Å². The minimum Gasteiger partial charge on any atom is -0.0622 e. The minimum absolute atomic E-state index is 1.09. The van der Waals surface area contributed by atoms with E-state index in [-0.39, 0.29) is 0 Å². The van der Waals surface area contributed by atoms with Gasteiger partial charge in [-0.2, -0.15) is 0 Å². The average molecular weight is 488 g/mol.